The highest BCUT2D eigenvalue weighted by atomic mass is 79.9. The molecule has 0 bridgehead atoms. The molecule has 2 heterocycles. The third kappa shape index (κ3) is 2.14. The SMILES string of the molecule is O=c1c2sccc2[nH]c(=S)n1-c1c(Br)cccc1Br. The van der Waals surface area contributed by atoms with Crippen LogP contribution in [0.3, 0.4) is 0 Å². The van der Waals surface area contributed by atoms with Gasteiger partial charge in [-0.05, 0) is 67.7 Å². The zero-order valence-corrected chi connectivity index (χ0v) is 14.1. The van der Waals surface area contributed by atoms with E-state index in [0.717, 1.165) is 14.5 Å². The highest BCUT2D eigenvalue weighted by Gasteiger charge is 2.13. The number of aromatic nitrogens is 2. The van der Waals surface area contributed by atoms with E-state index in [4.69, 9.17) is 12.2 Å². The molecule has 0 saturated heterocycles. The van der Waals surface area contributed by atoms with E-state index in [-0.39, 0.29) is 5.56 Å². The fourth-order valence-corrected chi connectivity index (χ4v) is 4.26. The Morgan fingerprint density at radius 1 is 1.21 bits per heavy atom. The Labute approximate surface area is 134 Å². The van der Waals surface area contributed by atoms with Gasteiger partial charge < -0.3 is 4.98 Å². The van der Waals surface area contributed by atoms with Gasteiger partial charge in [0.05, 0.1) is 11.2 Å². The summed E-state index contributed by atoms with van der Waals surface area (Å²) >= 11 is 13.6. The van der Waals surface area contributed by atoms with E-state index < -0.39 is 0 Å². The summed E-state index contributed by atoms with van der Waals surface area (Å²) in [6.07, 6.45) is 0. The number of hydrogen-bond acceptors (Lipinski definition) is 3. The number of benzene rings is 1. The number of nitrogens with zero attached hydrogens (tertiary/aromatic N) is 1. The maximum Gasteiger partial charge on any atom is 0.276 e. The summed E-state index contributed by atoms with van der Waals surface area (Å²) in [5, 5.41) is 1.87. The number of H-pyrrole nitrogens is 1. The molecule has 1 N–H and O–H groups in total. The predicted octanol–water partition coefficient (Wildman–Crippen LogP) is 4.63. The van der Waals surface area contributed by atoms with Gasteiger partial charge in [-0.25, -0.2) is 4.57 Å². The van der Waals surface area contributed by atoms with Crippen LogP contribution in [-0.2, 0) is 0 Å². The van der Waals surface area contributed by atoms with Gasteiger partial charge in [0.25, 0.3) is 5.56 Å². The smallest absolute Gasteiger partial charge is 0.276 e. The molecule has 0 radical (unpaired) electrons. The minimum atomic E-state index is -0.110. The Morgan fingerprint density at radius 3 is 2.58 bits per heavy atom. The summed E-state index contributed by atoms with van der Waals surface area (Å²) < 4.78 is 4.15. The lowest BCUT2D eigenvalue weighted by atomic mass is 10.3. The molecule has 3 nitrogen and oxygen atoms in total. The molecule has 0 atom stereocenters. The zero-order chi connectivity index (χ0) is 13.6. The number of hydrogen-bond donors (Lipinski definition) is 1. The quantitative estimate of drug-likeness (QED) is 0.586. The van der Waals surface area contributed by atoms with Crippen molar-refractivity contribution in [1.29, 1.82) is 0 Å². The van der Waals surface area contributed by atoms with Gasteiger partial charge >= 0.3 is 0 Å². The van der Waals surface area contributed by atoms with Gasteiger partial charge in [-0.1, -0.05) is 6.07 Å². The number of halogens is 2. The van der Waals surface area contributed by atoms with Gasteiger partial charge in [0.2, 0.25) is 0 Å². The van der Waals surface area contributed by atoms with Crippen LogP contribution < -0.4 is 5.56 Å². The van der Waals surface area contributed by atoms with Gasteiger partial charge in [0.15, 0.2) is 4.77 Å². The fraction of sp³-hybridized carbons (Fsp3) is 0. The molecular weight excluding hydrogens is 412 g/mol. The largest absolute Gasteiger partial charge is 0.331 e. The van der Waals surface area contributed by atoms with Crippen LogP contribution in [0.2, 0.25) is 0 Å². The van der Waals surface area contributed by atoms with Gasteiger partial charge in [-0.2, -0.15) is 0 Å². The van der Waals surface area contributed by atoms with Gasteiger partial charge in [0, 0.05) is 8.95 Å². The molecule has 0 aliphatic rings. The second-order valence-electron chi connectivity index (χ2n) is 3.80. The maximum atomic E-state index is 12.6. The molecule has 0 saturated carbocycles. The molecule has 3 aromatic rings. The molecular formula is C12H6Br2N2OS2. The van der Waals surface area contributed by atoms with Crippen LogP contribution in [0.25, 0.3) is 15.9 Å². The van der Waals surface area contributed by atoms with E-state index in [1.165, 1.54) is 15.9 Å². The van der Waals surface area contributed by atoms with Gasteiger partial charge in [-0.3, -0.25) is 4.79 Å². The molecule has 7 heteroatoms. The van der Waals surface area contributed by atoms with Crippen LogP contribution in [0.1, 0.15) is 0 Å². The second kappa shape index (κ2) is 4.97. The molecule has 1 aromatic carbocycles. The van der Waals surface area contributed by atoms with E-state index in [1.54, 1.807) is 0 Å². The summed E-state index contributed by atoms with van der Waals surface area (Å²) in [4.78, 5) is 15.6. The van der Waals surface area contributed by atoms with E-state index in [2.05, 4.69) is 36.8 Å². The van der Waals surface area contributed by atoms with Crippen LogP contribution in [-0.4, -0.2) is 9.55 Å². The van der Waals surface area contributed by atoms with Crippen molar-refractivity contribution in [2.75, 3.05) is 0 Å². The minimum Gasteiger partial charge on any atom is -0.331 e. The first-order valence-electron chi connectivity index (χ1n) is 5.26. The van der Waals surface area contributed by atoms with Crippen LogP contribution in [0.15, 0.2) is 43.4 Å². The Morgan fingerprint density at radius 2 is 1.89 bits per heavy atom. The van der Waals surface area contributed by atoms with Crippen molar-refractivity contribution in [2.24, 2.45) is 0 Å². The molecule has 96 valence electrons. The van der Waals surface area contributed by atoms with Crippen LogP contribution in [0, 0.1) is 4.77 Å². The molecule has 3 rings (SSSR count). The fourth-order valence-electron chi connectivity index (χ4n) is 1.84. The standard InChI is InChI=1S/C12H6Br2N2OS2/c13-6-2-1-3-7(14)9(6)16-11(17)10-8(4-5-19-10)15-12(16)18/h1-5H,(H,15,18). The highest BCUT2D eigenvalue weighted by molar-refractivity contribution is 9.11. The topological polar surface area (TPSA) is 37.8 Å². The lowest BCUT2D eigenvalue weighted by Crippen LogP contribution is -2.20. The number of aromatic amines is 1. The molecule has 0 aliphatic carbocycles. The monoisotopic (exact) mass is 416 g/mol. The van der Waals surface area contributed by atoms with Crippen LogP contribution in [0.5, 0.6) is 0 Å². The Bertz CT molecular complexity index is 874. The molecule has 0 fully saturated rings. The maximum absolute atomic E-state index is 12.6. The number of para-hydroxylation sites is 1. The first kappa shape index (κ1) is 13.2. The lowest BCUT2D eigenvalue weighted by Gasteiger charge is -2.10. The first-order chi connectivity index (χ1) is 9.09. The van der Waals surface area contributed by atoms with Gasteiger partial charge in [-0.15, -0.1) is 11.3 Å². The van der Waals surface area contributed by atoms with E-state index in [1.807, 2.05) is 29.6 Å². The number of thiophene rings is 1. The third-order valence-corrected chi connectivity index (χ3v) is 5.14. The van der Waals surface area contributed by atoms with Crippen molar-refractivity contribution in [1.82, 2.24) is 9.55 Å². The molecule has 0 amide bonds. The Hall–Kier alpha value is -0.760. The van der Waals surface area contributed by atoms with Crippen molar-refractivity contribution in [3.05, 3.63) is 53.7 Å². The zero-order valence-electron chi connectivity index (χ0n) is 9.31. The van der Waals surface area contributed by atoms with Gasteiger partial charge in [0.1, 0.15) is 4.70 Å². The second-order valence-corrected chi connectivity index (χ2v) is 6.82. The summed E-state index contributed by atoms with van der Waals surface area (Å²) in [5.41, 5.74) is 1.38. The summed E-state index contributed by atoms with van der Waals surface area (Å²) in [5.74, 6) is 0. The van der Waals surface area contributed by atoms with Crippen LogP contribution in [0.4, 0.5) is 0 Å². The molecule has 0 aliphatic heterocycles. The van der Waals surface area contributed by atoms with E-state index in [0.29, 0.717) is 15.2 Å². The predicted molar refractivity (Wildman–Crippen MR) is 88.0 cm³/mol. The van der Waals surface area contributed by atoms with Crippen LogP contribution >= 0.6 is 55.4 Å². The number of nitrogens with one attached hydrogen (secondary N) is 1. The van der Waals surface area contributed by atoms with Crippen molar-refractivity contribution in [3.8, 4) is 5.69 Å². The summed E-state index contributed by atoms with van der Waals surface area (Å²) in [6, 6.07) is 7.50. The molecule has 0 unspecified atom stereocenters. The minimum absolute atomic E-state index is 0.110. The van der Waals surface area contributed by atoms with E-state index >= 15 is 0 Å². The Kier molecular flexibility index (Phi) is 3.46. The molecule has 19 heavy (non-hydrogen) atoms. The van der Waals surface area contributed by atoms with Crippen molar-refractivity contribution in [2.45, 2.75) is 0 Å². The highest BCUT2D eigenvalue weighted by Crippen LogP contribution is 2.28. The number of fused-ring (bicyclic) bond motifs is 1. The number of rotatable bonds is 1. The Balaban J connectivity index is 2.50. The third-order valence-electron chi connectivity index (χ3n) is 2.67. The average molecular weight is 418 g/mol. The molecule has 2 aromatic heterocycles. The normalized spacial score (nSPS) is 11.1. The summed E-state index contributed by atoms with van der Waals surface area (Å²) in [7, 11) is 0. The van der Waals surface area contributed by atoms with Crippen molar-refractivity contribution in [3.63, 3.8) is 0 Å². The molecule has 0 spiro atoms. The lowest BCUT2D eigenvalue weighted by molar-refractivity contribution is 0.933. The van der Waals surface area contributed by atoms with Crippen molar-refractivity contribution < 1.29 is 0 Å². The first-order valence-corrected chi connectivity index (χ1v) is 8.14. The average Bonchev–Trinajstić information content (AvgIpc) is 2.81. The van der Waals surface area contributed by atoms with E-state index in [9.17, 15) is 4.79 Å². The van der Waals surface area contributed by atoms with Crippen molar-refractivity contribution >= 4 is 65.6 Å². The summed E-state index contributed by atoms with van der Waals surface area (Å²) in [6.45, 7) is 0.